The highest BCUT2D eigenvalue weighted by Crippen LogP contribution is 2.10. The van der Waals surface area contributed by atoms with Crippen molar-refractivity contribution in [2.24, 2.45) is 0 Å². The van der Waals surface area contributed by atoms with Gasteiger partial charge in [0, 0.05) is 18.4 Å². The van der Waals surface area contributed by atoms with Gasteiger partial charge in [-0.1, -0.05) is 0 Å². The highest BCUT2D eigenvalue weighted by atomic mass is 16.1. The molecule has 0 spiro atoms. The van der Waals surface area contributed by atoms with Gasteiger partial charge in [0.05, 0.1) is 12.2 Å². The summed E-state index contributed by atoms with van der Waals surface area (Å²) in [5.41, 5.74) is 1.57. The third-order valence-electron chi connectivity index (χ3n) is 2.57. The van der Waals surface area contributed by atoms with Crippen LogP contribution in [-0.2, 0) is 6.54 Å². The molecule has 0 radical (unpaired) electrons. The van der Waals surface area contributed by atoms with Crippen molar-refractivity contribution in [3.05, 3.63) is 42.0 Å². The highest BCUT2D eigenvalue weighted by molar-refractivity contribution is 5.92. The number of carbonyl (C=O) groups excluding carboxylic acids is 1. The first kappa shape index (κ1) is 11.4. The van der Waals surface area contributed by atoms with Crippen LogP contribution in [0.1, 0.15) is 36.1 Å². The Balaban J connectivity index is 2.02. The molecule has 2 aromatic rings. The topological polar surface area (TPSA) is 62.7 Å². The van der Waals surface area contributed by atoms with Gasteiger partial charge in [0.1, 0.15) is 5.69 Å². The van der Waals surface area contributed by atoms with Gasteiger partial charge in [-0.3, -0.25) is 9.89 Å². The maximum atomic E-state index is 12.0. The summed E-state index contributed by atoms with van der Waals surface area (Å²) in [5.74, 6) is -0.0710. The van der Waals surface area contributed by atoms with Crippen molar-refractivity contribution in [3.63, 3.8) is 0 Å². The fraction of sp³-hybridized carbons (Fsp3) is 0.333. The number of carbonyl (C=O) groups is 1. The standard InChI is InChI=1S/C12H16N4O/c1-9(2)16-7-3-4-11(16)12(17)13-8-10-5-6-14-15-10/h3-7,9H,8H2,1-2H3,(H,13,17)(H,14,15). The minimum atomic E-state index is -0.0710. The van der Waals surface area contributed by atoms with Crippen LogP contribution in [0.15, 0.2) is 30.6 Å². The molecule has 0 fully saturated rings. The first-order valence-electron chi connectivity index (χ1n) is 5.62. The second kappa shape index (κ2) is 4.86. The van der Waals surface area contributed by atoms with Crippen LogP contribution in [0.4, 0.5) is 0 Å². The summed E-state index contributed by atoms with van der Waals surface area (Å²) >= 11 is 0. The smallest absolute Gasteiger partial charge is 0.268 e. The van der Waals surface area contributed by atoms with Crippen molar-refractivity contribution in [3.8, 4) is 0 Å². The molecule has 17 heavy (non-hydrogen) atoms. The molecule has 90 valence electrons. The summed E-state index contributed by atoms with van der Waals surface area (Å²) in [6.45, 7) is 4.56. The Hall–Kier alpha value is -2.04. The van der Waals surface area contributed by atoms with Gasteiger partial charge in [0.2, 0.25) is 0 Å². The maximum Gasteiger partial charge on any atom is 0.268 e. The van der Waals surface area contributed by atoms with Crippen molar-refractivity contribution in [1.82, 2.24) is 20.1 Å². The number of nitrogens with zero attached hydrogens (tertiary/aromatic N) is 2. The Labute approximate surface area is 99.8 Å². The summed E-state index contributed by atoms with van der Waals surface area (Å²) in [6, 6.07) is 5.81. The van der Waals surface area contributed by atoms with Gasteiger partial charge in [-0.2, -0.15) is 5.10 Å². The fourth-order valence-electron chi connectivity index (χ4n) is 1.69. The predicted octanol–water partition coefficient (Wildman–Crippen LogP) is 1.72. The van der Waals surface area contributed by atoms with Crippen molar-refractivity contribution < 1.29 is 4.79 Å². The molecule has 0 aliphatic heterocycles. The third-order valence-corrected chi connectivity index (χ3v) is 2.57. The number of hydrogen-bond acceptors (Lipinski definition) is 2. The van der Waals surface area contributed by atoms with Crippen LogP contribution in [0.2, 0.25) is 0 Å². The number of aromatic nitrogens is 3. The van der Waals surface area contributed by atoms with E-state index < -0.39 is 0 Å². The lowest BCUT2D eigenvalue weighted by Gasteiger charge is -2.12. The van der Waals surface area contributed by atoms with Crippen LogP contribution >= 0.6 is 0 Å². The lowest BCUT2D eigenvalue weighted by Crippen LogP contribution is -2.26. The third kappa shape index (κ3) is 2.55. The number of hydrogen-bond donors (Lipinski definition) is 2. The van der Waals surface area contributed by atoms with Gasteiger partial charge in [0.15, 0.2) is 0 Å². The molecular formula is C12H16N4O. The monoisotopic (exact) mass is 232 g/mol. The number of amides is 1. The zero-order valence-electron chi connectivity index (χ0n) is 9.97. The second-order valence-corrected chi connectivity index (χ2v) is 4.16. The zero-order valence-corrected chi connectivity index (χ0v) is 9.97. The molecule has 5 nitrogen and oxygen atoms in total. The summed E-state index contributed by atoms with van der Waals surface area (Å²) in [4.78, 5) is 12.0. The lowest BCUT2D eigenvalue weighted by molar-refractivity contribution is 0.0939. The SMILES string of the molecule is CC(C)n1cccc1C(=O)NCc1ccn[nH]1. The Kier molecular flexibility index (Phi) is 3.27. The molecular weight excluding hydrogens is 216 g/mol. The van der Waals surface area contributed by atoms with Crippen molar-refractivity contribution in [1.29, 1.82) is 0 Å². The van der Waals surface area contributed by atoms with E-state index in [4.69, 9.17) is 0 Å². The molecule has 0 atom stereocenters. The van der Waals surface area contributed by atoms with Crippen LogP contribution in [0.3, 0.4) is 0 Å². The number of nitrogens with one attached hydrogen (secondary N) is 2. The Morgan fingerprint density at radius 1 is 1.53 bits per heavy atom. The quantitative estimate of drug-likeness (QED) is 0.843. The number of aromatic amines is 1. The Bertz CT molecular complexity index is 484. The molecule has 0 saturated carbocycles. The predicted molar refractivity (Wildman–Crippen MR) is 64.6 cm³/mol. The van der Waals surface area contributed by atoms with Crippen LogP contribution in [0.5, 0.6) is 0 Å². The van der Waals surface area contributed by atoms with E-state index in [0.717, 1.165) is 5.69 Å². The average molecular weight is 232 g/mol. The molecule has 0 saturated heterocycles. The minimum Gasteiger partial charge on any atom is -0.345 e. The maximum absolute atomic E-state index is 12.0. The zero-order chi connectivity index (χ0) is 12.3. The van der Waals surface area contributed by atoms with E-state index >= 15 is 0 Å². The summed E-state index contributed by atoms with van der Waals surface area (Å²) in [5, 5.41) is 9.48. The minimum absolute atomic E-state index is 0.0710. The van der Waals surface area contributed by atoms with Crippen molar-refractivity contribution >= 4 is 5.91 Å². The van der Waals surface area contributed by atoms with Crippen LogP contribution in [0, 0.1) is 0 Å². The van der Waals surface area contributed by atoms with E-state index in [0.29, 0.717) is 12.2 Å². The van der Waals surface area contributed by atoms with Gasteiger partial charge >= 0.3 is 0 Å². The summed E-state index contributed by atoms with van der Waals surface area (Å²) in [7, 11) is 0. The molecule has 2 aromatic heterocycles. The first-order valence-corrected chi connectivity index (χ1v) is 5.62. The van der Waals surface area contributed by atoms with Crippen molar-refractivity contribution in [2.45, 2.75) is 26.4 Å². The molecule has 0 unspecified atom stereocenters. The van der Waals surface area contributed by atoms with Crippen LogP contribution in [0.25, 0.3) is 0 Å². The van der Waals surface area contributed by atoms with Gasteiger partial charge in [-0.15, -0.1) is 0 Å². The van der Waals surface area contributed by atoms with E-state index in [1.54, 1.807) is 6.20 Å². The van der Waals surface area contributed by atoms with E-state index in [2.05, 4.69) is 15.5 Å². The van der Waals surface area contributed by atoms with Gasteiger partial charge in [-0.25, -0.2) is 0 Å². The average Bonchev–Trinajstić information content (AvgIpc) is 2.96. The summed E-state index contributed by atoms with van der Waals surface area (Å²) in [6.07, 6.45) is 3.58. The lowest BCUT2D eigenvalue weighted by atomic mass is 10.3. The molecule has 2 heterocycles. The molecule has 2 N–H and O–H groups in total. The van der Waals surface area contributed by atoms with Crippen LogP contribution < -0.4 is 5.32 Å². The van der Waals surface area contributed by atoms with E-state index in [-0.39, 0.29) is 11.9 Å². The molecule has 1 amide bonds. The highest BCUT2D eigenvalue weighted by Gasteiger charge is 2.12. The summed E-state index contributed by atoms with van der Waals surface area (Å²) < 4.78 is 1.95. The van der Waals surface area contributed by atoms with Gasteiger partial charge in [-0.05, 0) is 32.0 Å². The van der Waals surface area contributed by atoms with Crippen LogP contribution in [-0.4, -0.2) is 20.7 Å². The van der Waals surface area contributed by atoms with Gasteiger partial charge < -0.3 is 9.88 Å². The molecule has 0 aromatic carbocycles. The molecule has 0 aliphatic rings. The number of H-pyrrole nitrogens is 1. The molecule has 0 bridgehead atoms. The Morgan fingerprint density at radius 3 is 3.00 bits per heavy atom. The molecule has 5 heteroatoms. The van der Waals surface area contributed by atoms with Gasteiger partial charge in [0.25, 0.3) is 5.91 Å². The molecule has 0 aliphatic carbocycles. The number of rotatable bonds is 4. The molecule has 2 rings (SSSR count). The first-order chi connectivity index (χ1) is 8.18. The largest absolute Gasteiger partial charge is 0.345 e. The van der Waals surface area contributed by atoms with E-state index in [1.807, 2.05) is 42.8 Å². The normalized spacial score (nSPS) is 10.8. The Morgan fingerprint density at radius 2 is 2.35 bits per heavy atom. The van der Waals surface area contributed by atoms with Crippen molar-refractivity contribution in [2.75, 3.05) is 0 Å². The fourth-order valence-corrected chi connectivity index (χ4v) is 1.69. The van der Waals surface area contributed by atoms with E-state index in [9.17, 15) is 4.79 Å². The van der Waals surface area contributed by atoms with E-state index in [1.165, 1.54) is 0 Å². The second-order valence-electron chi connectivity index (χ2n) is 4.16.